The van der Waals surface area contributed by atoms with Gasteiger partial charge in [0.15, 0.2) is 0 Å². The summed E-state index contributed by atoms with van der Waals surface area (Å²) in [6.45, 7) is 13.8. The molecule has 348 valence electrons. The highest BCUT2D eigenvalue weighted by Gasteiger charge is 2.12. The summed E-state index contributed by atoms with van der Waals surface area (Å²) < 4.78 is 18.4. The average Bonchev–Trinajstić information content (AvgIpc) is 3.20. The molecule has 0 amide bonds. The lowest BCUT2D eigenvalue weighted by Gasteiger charge is -2.17. The van der Waals surface area contributed by atoms with Crippen LogP contribution in [0.4, 0.5) is 0 Å². The highest BCUT2D eigenvalue weighted by atomic mass is 31.2. The molecule has 0 aromatic carbocycles. The van der Waals surface area contributed by atoms with Crippen LogP contribution in [0.25, 0.3) is 0 Å². The van der Waals surface area contributed by atoms with E-state index in [1.165, 1.54) is 244 Å². The minimum atomic E-state index is -2.62. The summed E-state index contributed by atoms with van der Waals surface area (Å²) >= 11 is 0. The summed E-state index contributed by atoms with van der Waals surface area (Å²) in [5.41, 5.74) is 0. The molecule has 8 heteroatoms. The van der Waals surface area contributed by atoms with Crippen molar-refractivity contribution in [3.8, 4) is 0 Å². The molecule has 0 aliphatic rings. The summed E-state index contributed by atoms with van der Waals surface area (Å²) in [6, 6.07) is 0. The summed E-state index contributed by atoms with van der Waals surface area (Å²) in [6.07, 6.45) is 56.6. The standard InChI is InChI=1S/C36H75O3P.C13H28.H3O3P/c1-4-7-10-13-16-19-22-25-28-31-34-37-40(38-35-32-29-26-23-20-17-14-11-8-5-2)39-36-33-30-27-24-21-18-15-12-9-6-3;1-3-5-7-9-11-13-12-10-8-6-4-2;1-4(2)3/h4-36H2,1-3H3;3-13H2,1-2H3;1-3H. The summed E-state index contributed by atoms with van der Waals surface area (Å²) in [5.74, 6) is 0. The molecule has 0 aliphatic heterocycles. The smallest absolute Gasteiger partial charge is 0.328 e. The van der Waals surface area contributed by atoms with Gasteiger partial charge in [-0.3, -0.25) is 0 Å². The highest BCUT2D eigenvalue weighted by molar-refractivity contribution is 7.41. The first-order valence-corrected chi connectivity index (χ1v) is 27.8. The van der Waals surface area contributed by atoms with Gasteiger partial charge in [0.05, 0.1) is 19.8 Å². The van der Waals surface area contributed by atoms with Crippen molar-refractivity contribution in [3.63, 3.8) is 0 Å². The third-order valence-electron chi connectivity index (χ3n) is 10.8. The lowest BCUT2D eigenvalue weighted by Crippen LogP contribution is -2.00. The number of hydrogen-bond donors (Lipinski definition) is 3. The van der Waals surface area contributed by atoms with Crippen molar-refractivity contribution in [1.29, 1.82) is 0 Å². The van der Waals surface area contributed by atoms with E-state index in [9.17, 15) is 0 Å². The van der Waals surface area contributed by atoms with Crippen molar-refractivity contribution in [2.45, 2.75) is 298 Å². The van der Waals surface area contributed by atoms with E-state index in [1.807, 2.05) is 0 Å². The van der Waals surface area contributed by atoms with Gasteiger partial charge in [-0.2, -0.15) is 0 Å². The molecule has 0 atom stereocenters. The monoisotopic (exact) mass is 853 g/mol. The fourth-order valence-electron chi connectivity index (χ4n) is 7.03. The molecule has 0 saturated carbocycles. The second-order valence-corrected chi connectivity index (χ2v) is 18.5. The van der Waals surface area contributed by atoms with Gasteiger partial charge < -0.3 is 28.3 Å². The zero-order chi connectivity index (χ0) is 42.4. The summed E-state index contributed by atoms with van der Waals surface area (Å²) in [5, 5.41) is 0. The largest absolute Gasteiger partial charge is 0.332 e. The number of rotatable bonds is 46. The van der Waals surface area contributed by atoms with Crippen LogP contribution in [0, 0.1) is 0 Å². The van der Waals surface area contributed by atoms with Gasteiger partial charge in [-0.25, -0.2) is 0 Å². The fourth-order valence-corrected chi connectivity index (χ4v) is 8.09. The Morgan fingerprint density at radius 2 is 0.351 bits per heavy atom. The second-order valence-electron chi connectivity index (χ2n) is 16.7. The molecule has 57 heavy (non-hydrogen) atoms. The normalized spacial score (nSPS) is 11.3. The van der Waals surface area contributed by atoms with Crippen LogP contribution in [0.5, 0.6) is 0 Å². The molecule has 0 unspecified atom stereocenters. The molecule has 0 fully saturated rings. The maximum absolute atomic E-state index is 7.23. The van der Waals surface area contributed by atoms with E-state index in [4.69, 9.17) is 28.3 Å². The molecule has 0 spiro atoms. The molecule has 3 N–H and O–H groups in total. The van der Waals surface area contributed by atoms with Crippen LogP contribution in [0.3, 0.4) is 0 Å². The Labute approximate surface area is 362 Å². The van der Waals surface area contributed by atoms with Crippen LogP contribution in [0.2, 0.25) is 0 Å². The van der Waals surface area contributed by atoms with E-state index >= 15 is 0 Å². The molecule has 0 radical (unpaired) electrons. The predicted octanol–water partition coefficient (Wildman–Crippen LogP) is 18.5. The molecule has 6 nitrogen and oxygen atoms in total. The van der Waals surface area contributed by atoms with Crippen molar-refractivity contribution in [1.82, 2.24) is 0 Å². The van der Waals surface area contributed by atoms with E-state index in [1.54, 1.807) is 0 Å². The van der Waals surface area contributed by atoms with Crippen LogP contribution in [0.1, 0.15) is 298 Å². The molecule has 0 heterocycles. The van der Waals surface area contributed by atoms with Crippen LogP contribution in [0.15, 0.2) is 0 Å². The second kappa shape index (κ2) is 60.9. The Morgan fingerprint density at radius 3 is 0.491 bits per heavy atom. The minimum Gasteiger partial charge on any atom is -0.328 e. The van der Waals surface area contributed by atoms with Crippen molar-refractivity contribution < 1.29 is 28.3 Å². The van der Waals surface area contributed by atoms with Crippen LogP contribution < -0.4 is 0 Å². The van der Waals surface area contributed by atoms with Gasteiger partial charge in [0.2, 0.25) is 0 Å². The first-order chi connectivity index (χ1) is 28.0. The lowest BCUT2D eigenvalue weighted by molar-refractivity contribution is 0.153. The molecular formula is C49H106O6P2. The van der Waals surface area contributed by atoms with Crippen molar-refractivity contribution in [2.24, 2.45) is 0 Å². The van der Waals surface area contributed by atoms with Gasteiger partial charge in [-0.05, 0) is 19.3 Å². The maximum atomic E-state index is 7.23. The van der Waals surface area contributed by atoms with Crippen molar-refractivity contribution in [3.05, 3.63) is 0 Å². The Bertz CT molecular complexity index is 570. The molecule has 0 aromatic rings. The SMILES string of the molecule is CCCCCCCCCCCCC.CCCCCCCCCCCCOP(OCCCCCCCCCCCC)OCCCCCCCCCCCC.OP(O)O. The quantitative estimate of drug-likeness (QED) is 0.0418. The zero-order valence-electron chi connectivity index (χ0n) is 39.6. The Morgan fingerprint density at radius 1 is 0.228 bits per heavy atom. The van der Waals surface area contributed by atoms with Crippen molar-refractivity contribution >= 4 is 17.2 Å². The van der Waals surface area contributed by atoms with Gasteiger partial charge in [0, 0.05) is 0 Å². The van der Waals surface area contributed by atoms with E-state index < -0.39 is 17.2 Å². The molecule has 0 saturated heterocycles. The van der Waals surface area contributed by atoms with E-state index in [0.717, 1.165) is 39.1 Å². The molecule has 0 aliphatic carbocycles. The van der Waals surface area contributed by atoms with E-state index in [2.05, 4.69) is 34.6 Å². The first-order valence-electron chi connectivity index (χ1n) is 25.5. The molecule has 0 rings (SSSR count). The number of hydrogen-bond acceptors (Lipinski definition) is 6. The van der Waals surface area contributed by atoms with E-state index in [-0.39, 0.29) is 0 Å². The average molecular weight is 853 g/mol. The molecule has 0 aromatic heterocycles. The lowest BCUT2D eigenvalue weighted by atomic mass is 10.1. The topological polar surface area (TPSA) is 88.4 Å². The predicted molar refractivity (Wildman–Crippen MR) is 256 cm³/mol. The van der Waals surface area contributed by atoms with Gasteiger partial charge in [-0.15, -0.1) is 0 Å². The highest BCUT2D eigenvalue weighted by Crippen LogP contribution is 2.40. The van der Waals surface area contributed by atoms with Gasteiger partial charge >= 0.3 is 17.2 Å². The third-order valence-corrected chi connectivity index (χ3v) is 12.0. The van der Waals surface area contributed by atoms with E-state index in [0.29, 0.717) is 0 Å². The van der Waals surface area contributed by atoms with Gasteiger partial charge in [0.1, 0.15) is 0 Å². The van der Waals surface area contributed by atoms with Crippen molar-refractivity contribution in [2.75, 3.05) is 19.8 Å². The zero-order valence-corrected chi connectivity index (χ0v) is 41.4. The Hall–Kier alpha value is 0.620. The molecule has 0 bridgehead atoms. The Kier molecular flexibility index (Phi) is 66.2. The van der Waals surface area contributed by atoms with Crippen LogP contribution >= 0.6 is 17.2 Å². The minimum absolute atomic E-state index is 0.790. The van der Waals surface area contributed by atoms with Gasteiger partial charge in [-0.1, -0.05) is 279 Å². The summed E-state index contributed by atoms with van der Waals surface area (Å²) in [7, 11) is -3.79. The fraction of sp³-hybridized carbons (Fsp3) is 1.00. The van der Waals surface area contributed by atoms with Crippen LogP contribution in [-0.2, 0) is 13.6 Å². The van der Waals surface area contributed by atoms with Gasteiger partial charge in [0.25, 0.3) is 0 Å². The Balaban J connectivity index is -0.00000142. The van der Waals surface area contributed by atoms with Crippen LogP contribution in [-0.4, -0.2) is 34.5 Å². The molecular weight excluding hydrogens is 746 g/mol. The first kappa shape index (κ1) is 61.9. The summed E-state index contributed by atoms with van der Waals surface area (Å²) in [4.78, 5) is 21.7. The number of unbranched alkanes of at least 4 members (excludes halogenated alkanes) is 37. The maximum Gasteiger partial charge on any atom is 0.332 e. The third kappa shape index (κ3) is 68.6.